The van der Waals surface area contributed by atoms with Gasteiger partial charge in [-0.3, -0.25) is 4.79 Å². The molecule has 21 heavy (non-hydrogen) atoms. The number of halogens is 1. The predicted octanol–water partition coefficient (Wildman–Crippen LogP) is 2.52. The minimum absolute atomic E-state index is 0.0876. The van der Waals surface area contributed by atoms with Gasteiger partial charge < -0.3 is 10.6 Å². The van der Waals surface area contributed by atoms with Crippen molar-refractivity contribution in [2.24, 2.45) is 17.6 Å². The summed E-state index contributed by atoms with van der Waals surface area (Å²) in [5, 5.41) is 0.515. The van der Waals surface area contributed by atoms with Crippen molar-refractivity contribution < 1.29 is 4.79 Å². The highest BCUT2D eigenvalue weighted by Crippen LogP contribution is 2.38. The molecule has 4 heteroatoms. The lowest BCUT2D eigenvalue weighted by atomic mass is 10.0. The van der Waals surface area contributed by atoms with Gasteiger partial charge >= 0.3 is 0 Å². The van der Waals surface area contributed by atoms with Crippen LogP contribution in [-0.4, -0.2) is 30.4 Å². The van der Waals surface area contributed by atoms with Crippen molar-refractivity contribution in [1.29, 1.82) is 0 Å². The second-order valence-electron chi connectivity index (χ2n) is 5.86. The van der Waals surface area contributed by atoms with Crippen LogP contribution in [0.1, 0.15) is 35.2 Å². The summed E-state index contributed by atoms with van der Waals surface area (Å²) >= 11 is 6.20. The molecule has 110 valence electrons. The van der Waals surface area contributed by atoms with Crippen LogP contribution in [0.15, 0.2) is 18.2 Å². The number of carbonyl (C=O) groups excluding carboxylic acids is 1. The molecule has 2 atom stereocenters. The topological polar surface area (TPSA) is 46.3 Å². The van der Waals surface area contributed by atoms with Crippen LogP contribution in [0.2, 0.25) is 5.02 Å². The second kappa shape index (κ2) is 6.09. The van der Waals surface area contributed by atoms with Gasteiger partial charge in [0.1, 0.15) is 0 Å². The SMILES string of the molecule is NCC#Cc1ccc(C(=O)N2CC3CCCC3C2)cc1Cl. The van der Waals surface area contributed by atoms with Crippen molar-refractivity contribution in [3.63, 3.8) is 0 Å². The van der Waals surface area contributed by atoms with Crippen LogP contribution in [-0.2, 0) is 0 Å². The number of amides is 1. The van der Waals surface area contributed by atoms with Gasteiger partial charge in [-0.1, -0.05) is 29.9 Å². The summed E-state index contributed by atoms with van der Waals surface area (Å²) in [6, 6.07) is 5.33. The first-order valence-corrected chi connectivity index (χ1v) is 7.84. The summed E-state index contributed by atoms with van der Waals surface area (Å²) in [5.41, 5.74) is 6.73. The first kappa shape index (κ1) is 14.4. The zero-order valence-corrected chi connectivity index (χ0v) is 12.7. The van der Waals surface area contributed by atoms with Crippen LogP contribution in [0, 0.1) is 23.7 Å². The Balaban J connectivity index is 1.75. The second-order valence-corrected chi connectivity index (χ2v) is 6.27. The fourth-order valence-corrected chi connectivity index (χ4v) is 3.71. The summed E-state index contributed by atoms with van der Waals surface area (Å²) in [6.07, 6.45) is 3.85. The van der Waals surface area contributed by atoms with E-state index in [1.807, 2.05) is 11.0 Å². The first-order valence-electron chi connectivity index (χ1n) is 7.47. The third kappa shape index (κ3) is 2.92. The van der Waals surface area contributed by atoms with Gasteiger partial charge in [0.2, 0.25) is 0 Å². The van der Waals surface area contributed by atoms with Gasteiger partial charge in [-0.25, -0.2) is 0 Å². The van der Waals surface area contributed by atoms with E-state index in [1.165, 1.54) is 19.3 Å². The van der Waals surface area contributed by atoms with Gasteiger partial charge in [-0.2, -0.15) is 0 Å². The molecule has 1 aromatic carbocycles. The van der Waals surface area contributed by atoms with Gasteiger partial charge in [0, 0.05) is 24.2 Å². The lowest BCUT2D eigenvalue weighted by molar-refractivity contribution is 0.0780. The summed E-state index contributed by atoms with van der Waals surface area (Å²) in [5.74, 6) is 7.19. The average Bonchev–Trinajstić information content (AvgIpc) is 3.06. The summed E-state index contributed by atoms with van der Waals surface area (Å²) < 4.78 is 0. The molecule has 1 amide bonds. The van der Waals surface area contributed by atoms with Crippen molar-refractivity contribution in [2.45, 2.75) is 19.3 Å². The fourth-order valence-electron chi connectivity index (χ4n) is 3.48. The quantitative estimate of drug-likeness (QED) is 0.810. The Morgan fingerprint density at radius 3 is 2.67 bits per heavy atom. The molecule has 0 aromatic heterocycles. The molecular weight excluding hydrogens is 284 g/mol. The van der Waals surface area contributed by atoms with E-state index in [-0.39, 0.29) is 5.91 Å². The maximum atomic E-state index is 12.6. The number of hydrogen-bond donors (Lipinski definition) is 1. The van der Waals surface area contributed by atoms with Crippen molar-refractivity contribution in [1.82, 2.24) is 4.90 Å². The number of nitrogens with zero attached hydrogens (tertiary/aromatic N) is 1. The molecule has 1 aliphatic heterocycles. The highest BCUT2D eigenvalue weighted by Gasteiger charge is 2.38. The molecule has 1 aliphatic carbocycles. The fraction of sp³-hybridized carbons (Fsp3) is 0.471. The molecule has 1 aromatic rings. The van der Waals surface area contributed by atoms with Crippen LogP contribution in [0.25, 0.3) is 0 Å². The molecule has 2 fully saturated rings. The van der Waals surface area contributed by atoms with E-state index in [2.05, 4.69) is 11.8 Å². The maximum Gasteiger partial charge on any atom is 0.253 e. The number of benzene rings is 1. The Morgan fingerprint density at radius 1 is 1.33 bits per heavy atom. The smallest absolute Gasteiger partial charge is 0.253 e. The Morgan fingerprint density at radius 2 is 2.05 bits per heavy atom. The normalized spacial score (nSPS) is 23.6. The van der Waals surface area contributed by atoms with E-state index in [1.54, 1.807) is 12.1 Å². The van der Waals surface area contributed by atoms with Crippen molar-refractivity contribution in [3.05, 3.63) is 34.3 Å². The molecular formula is C17H19ClN2O. The van der Waals surface area contributed by atoms with Crippen molar-refractivity contribution >= 4 is 17.5 Å². The third-order valence-electron chi connectivity index (χ3n) is 4.55. The number of likely N-dealkylation sites (tertiary alicyclic amines) is 1. The lowest BCUT2D eigenvalue weighted by Gasteiger charge is -2.17. The van der Waals surface area contributed by atoms with Crippen LogP contribution in [0.3, 0.4) is 0 Å². The highest BCUT2D eigenvalue weighted by atomic mass is 35.5. The molecule has 0 radical (unpaired) electrons. The molecule has 3 rings (SSSR count). The van der Waals surface area contributed by atoms with Gasteiger partial charge in [-0.15, -0.1) is 0 Å². The monoisotopic (exact) mass is 302 g/mol. The Labute approximate surface area is 130 Å². The average molecular weight is 303 g/mol. The van der Waals surface area contributed by atoms with E-state index in [9.17, 15) is 4.79 Å². The van der Waals surface area contributed by atoms with Crippen LogP contribution >= 0.6 is 11.6 Å². The van der Waals surface area contributed by atoms with Gasteiger partial charge in [0.15, 0.2) is 0 Å². The third-order valence-corrected chi connectivity index (χ3v) is 4.87. The molecule has 2 unspecified atom stereocenters. The number of carbonyl (C=O) groups is 1. The maximum absolute atomic E-state index is 12.6. The minimum atomic E-state index is 0.0876. The molecule has 1 saturated heterocycles. The zero-order valence-electron chi connectivity index (χ0n) is 11.9. The van der Waals surface area contributed by atoms with Gasteiger partial charge in [-0.05, 0) is 42.9 Å². The summed E-state index contributed by atoms with van der Waals surface area (Å²) in [7, 11) is 0. The number of fused-ring (bicyclic) bond motifs is 1. The largest absolute Gasteiger partial charge is 0.338 e. The minimum Gasteiger partial charge on any atom is -0.338 e. The zero-order chi connectivity index (χ0) is 14.8. The Kier molecular flexibility index (Phi) is 4.19. The van der Waals surface area contributed by atoms with Gasteiger partial charge in [0.05, 0.1) is 11.6 Å². The number of nitrogens with two attached hydrogens (primary N) is 1. The first-order chi connectivity index (χ1) is 10.2. The number of hydrogen-bond acceptors (Lipinski definition) is 2. The van der Waals surface area contributed by atoms with E-state index >= 15 is 0 Å². The van der Waals surface area contributed by atoms with Gasteiger partial charge in [0.25, 0.3) is 5.91 Å². The van der Waals surface area contributed by atoms with Crippen LogP contribution < -0.4 is 5.73 Å². The summed E-state index contributed by atoms with van der Waals surface area (Å²) in [6.45, 7) is 2.10. The van der Waals surface area contributed by atoms with E-state index in [0.717, 1.165) is 18.7 Å². The Hall–Kier alpha value is -1.50. The van der Waals surface area contributed by atoms with E-state index in [4.69, 9.17) is 17.3 Å². The predicted molar refractivity (Wildman–Crippen MR) is 84.1 cm³/mol. The molecule has 1 heterocycles. The van der Waals surface area contributed by atoms with E-state index in [0.29, 0.717) is 29.0 Å². The van der Waals surface area contributed by atoms with E-state index < -0.39 is 0 Å². The molecule has 3 nitrogen and oxygen atoms in total. The number of rotatable bonds is 1. The molecule has 0 bridgehead atoms. The molecule has 0 spiro atoms. The Bertz CT molecular complexity index is 605. The molecule has 1 saturated carbocycles. The highest BCUT2D eigenvalue weighted by molar-refractivity contribution is 6.32. The molecule has 2 N–H and O–H groups in total. The van der Waals surface area contributed by atoms with Crippen molar-refractivity contribution in [2.75, 3.05) is 19.6 Å². The standard InChI is InChI=1S/C17H19ClN2O/c18-16-9-13(7-6-12(16)5-2-8-19)17(21)20-10-14-3-1-4-15(14)11-20/h6-7,9,14-15H,1,3-4,8,10-11,19H2. The van der Waals surface area contributed by atoms with Crippen LogP contribution in [0.4, 0.5) is 0 Å². The molecule has 2 aliphatic rings. The van der Waals surface area contributed by atoms with Crippen molar-refractivity contribution in [3.8, 4) is 11.8 Å². The van der Waals surface area contributed by atoms with Crippen LogP contribution in [0.5, 0.6) is 0 Å². The lowest BCUT2D eigenvalue weighted by Crippen LogP contribution is -2.29. The summed E-state index contributed by atoms with van der Waals surface area (Å²) in [4.78, 5) is 14.5.